The molecule has 2 saturated carbocycles. The Morgan fingerprint density at radius 2 is 2.18 bits per heavy atom. The van der Waals surface area contributed by atoms with Gasteiger partial charge in [-0.05, 0) is 30.7 Å². The van der Waals surface area contributed by atoms with E-state index in [1.54, 1.807) is 12.1 Å². The van der Waals surface area contributed by atoms with Crippen LogP contribution in [0.1, 0.15) is 18.4 Å². The van der Waals surface area contributed by atoms with Gasteiger partial charge in [0.25, 0.3) is 0 Å². The fraction of sp³-hybridized carbons (Fsp3) is 0.562. The van der Waals surface area contributed by atoms with Gasteiger partial charge in [0.2, 0.25) is 6.79 Å². The summed E-state index contributed by atoms with van der Waals surface area (Å²) in [5, 5.41) is 3.36. The highest BCUT2D eigenvalue weighted by Gasteiger charge is 2.92. The molecular formula is C16H20N2O4. The number of ether oxygens (including phenoxy) is 3. The lowest BCUT2D eigenvalue weighted by atomic mass is 9.94. The molecule has 3 aliphatic rings. The number of rotatable bonds is 5. The highest BCUT2D eigenvalue weighted by atomic mass is 16.8. The largest absolute Gasteiger partial charge is 0.511 e. The molecule has 4 rings (SSSR count). The molecule has 6 nitrogen and oxygen atoms in total. The normalized spacial score (nSPS) is 34.1. The first-order valence-corrected chi connectivity index (χ1v) is 7.68. The Morgan fingerprint density at radius 3 is 2.86 bits per heavy atom. The molecule has 0 bridgehead atoms. The minimum Gasteiger partial charge on any atom is -0.457 e. The number of nitrogens with two attached hydrogens (primary N) is 1. The molecule has 118 valence electrons. The van der Waals surface area contributed by atoms with Crippen LogP contribution in [0.15, 0.2) is 24.3 Å². The average Bonchev–Trinajstić information content (AvgIpc) is 3.39. The molecule has 0 amide bonds. The predicted molar refractivity (Wildman–Crippen MR) is 78.2 cm³/mol. The van der Waals surface area contributed by atoms with Crippen molar-refractivity contribution in [2.24, 2.45) is 17.1 Å². The second-order valence-corrected chi connectivity index (χ2v) is 6.34. The minimum atomic E-state index is -0.632. The van der Waals surface area contributed by atoms with E-state index in [0.29, 0.717) is 18.2 Å². The molecule has 3 fully saturated rings. The van der Waals surface area contributed by atoms with Crippen molar-refractivity contribution >= 4 is 6.16 Å². The topological polar surface area (TPSA) is 82.8 Å². The molecule has 1 aromatic carbocycles. The van der Waals surface area contributed by atoms with Gasteiger partial charge in [0.05, 0.1) is 0 Å². The lowest BCUT2D eigenvalue weighted by molar-refractivity contribution is -0.0545. The highest BCUT2D eigenvalue weighted by Crippen LogP contribution is 2.85. The lowest BCUT2D eigenvalue weighted by Gasteiger charge is -2.31. The molecule has 3 N–H and O–H groups in total. The number of fused-ring (bicyclic) bond motifs is 1. The molecule has 0 aromatic heterocycles. The number of piperidine rings is 1. The molecular weight excluding hydrogens is 284 g/mol. The van der Waals surface area contributed by atoms with Crippen molar-refractivity contribution in [3.05, 3.63) is 29.8 Å². The molecule has 3 atom stereocenters. The fourth-order valence-electron chi connectivity index (χ4n) is 3.86. The van der Waals surface area contributed by atoms with Crippen molar-refractivity contribution in [1.82, 2.24) is 5.32 Å². The van der Waals surface area contributed by atoms with Crippen molar-refractivity contribution in [3.8, 4) is 5.75 Å². The Labute approximate surface area is 128 Å². The van der Waals surface area contributed by atoms with Crippen LogP contribution in [0.25, 0.3) is 0 Å². The van der Waals surface area contributed by atoms with Gasteiger partial charge in [-0.2, -0.15) is 0 Å². The highest BCUT2D eigenvalue weighted by molar-refractivity contribution is 5.63. The second-order valence-electron chi connectivity index (χ2n) is 6.34. The van der Waals surface area contributed by atoms with Gasteiger partial charge < -0.3 is 25.3 Å². The summed E-state index contributed by atoms with van der Waals surface area (Å²) in [6.45, 7) is 2.19. The number of carbonyl (C=O) groups is 1. The van der Waals surface area contributed by atoms with Crippen LogP contribution in [0.2, 0.25) is 0 Å². The Hall–Kier alpha value is -1.79. The Kier molecular flexibility index (Phi) is 3.06. The van der Waals surface area contributed by atoms with E-state index in [9.17, 15) is 4.79 Å². The Balaban J connectivity index is 1.23. The quantitative estimate of drug-likeness (QED) is 0.632. The standard InChI is InChI=1S/C16H20N2O4/c17-8-11-1-3-12(4-2-11)20-10-21-14(19)22-16-5-6-18-9-15(16)7-13(15)16/h1-4,13,18H,5-10,17H2. The molecule has 1 spiro atoms. The fourth-order valence-corrected chi connectivity index (χ4v) is 3.86. The number of hydrogen-bond acceptors (Lipinski definition) is 6. The van der Waals surface area contributed by atoms with E-state index >= 15 is 0 Å². The van der Waals surface area contributed by atoms with E-state index in [1.807, 2.05) is 12.1 Å². The smallest absolute Gasteiger partial charge is 0.457 e. The van der Waals surface area contributed by atoms with E-state index < -0.39 is 6.16 Å². The zero-order valence-electron chi connectivity index (χ0n) is 12.3. The van der Waals surface area contributed by atoms with Crippen LogP contribution in [0, 0.1) is 11.3 Å². The van der Waals surface area contributed by atoms with Crippen LogP contribution in [0.3, 0.4) is 0 Å². The van der Waals surface area contributed by atoms with Crippen molar-refractivity contribution < 1.29 is 19.0 Å². The van der Waals surface area contributed by atoms with Crippen LogP contribution in [0.5, 0.6) is 5.75 Å². The van der Waals surface area contributed by atoms with Crippen LogP contribution in [-0.4, -0.2) is 31.6 Å². The first-order chi connectivity index (χ1) is 10.7. The van der Waals surface area contributed by atoms with E-state index in [1.165, 1.54) is 0 Å². The van der Waals surface area contributed by atoms with Gasteiger partial charge >= 0.3 is 6.16 Å². The molecule has 1 heterocycles. The van der Waals surface area contributed by atoms with E-state index in [-0.39, 0.29) is 17.8 Å². The van der Waals surface area contributed by atoms with Gasteiger partial charge in [0.15, 0.2) is 0 Å². The van der Waals surface area contributed by atoms with Gasteiger partial charge in [0, 0.05) is 30.8 Å². The molecule has 3 unspecified atom stereocenters. The van der Waals surface area contributed by atoms with Gasteiger partial charge in [-0.3, -0.25) is 0 Å². The van der Waals surface area contributed by atoms with Crippen molar-refractivity contribution in [3.63, 3.8) is 0 Å². The maximum absolute atomic E-state index is 11.8. The van der Waals surface area contributed by atoms with Crippen molar-refractivity contribution in [2.45, 2.75) is 25.0 Å². The molecule has 1 saturated heterocycles. The number of hydrogen-bond donors (Lipinski definition) is 2. The van der Waals surface area contributed by atoms with E-state index in [2.05, 4.69) is 5.32 Å². The first kappa shape index (κ1) is 13.8. The number of carbonyl (C=O) groups excluding carboxylic acids is 1. The van der Waals surface area contributed by atoms with Gasteiger partial charge in [-0.1, -0.05) is 12.1 Å². The van der Waals surface area contributed by atoms with Crippen molar-refractivity contribution in [2.75, 3.05) is 19.9 Å². The summed E-state index contributed by atoms with van der Waals surface area (Å²) in [4.78, 5) is 11.8. The SMILES string of the molecule is NCc1ccc(OCOC(=O)OC23CCNCC24CC43)cc1. The molecule has 22 heavy (non-hydrogen) atoms. The molecule has 1 aliphatic heterocycles. The maximum atomic E-state index is 11.8. The zero-order valence-corrected chi connectivity index (χ0v) is 12.3. The van der Waals surface area contributed by atoms with Gasteiger partial charge in [0.1, 0.15) is 11.4 Å². The lowest BCUT2D eigenvalue weighted by Crippen LogP contribution is -2.43. The number of nitrogens with one attached hydrogen (secondary N) is 1. The molecule has 2 aliphatic carbocycles. The van der Waals surface area contributed by atoms with Crippen molar-refractivity contribution in [1.29, 1.82) is 0 Å². The summed E-state index contributed by atoms with van der Waals surface area (Å²) in [5.74, 6) is 1.17. The third kappa shape index (κ3) is 1.98. The summed E-state index contributed by atoms with van der Waals surface area (Å²) in [7, 11) is 0. The second kappa shape index (κ2) is 4.86. The van der Waals surface area contributed by atoms with E-state index in [4.69, 9.17) is 19.9 Å². The summed E-state index contributed by atoms with van der Waals surface area (Å²) in [6, 6.07) is 7.35. The van der Waals surface area contributed by atoms with Crippen LogP contribution in [-0.2, 0) is 16.0 Å². The molecule has 0 radical (unpaired) electrons. The van der Waals surface area contributed by atoms with E-state index in [0.717, 1.165) is 31.5 Å². The van der Waals surface area contributed by atoms with Gasteiger partial charge in [-0.15, -0.1) is 0 Å². The summed E-state index contributed by atoms with van der Waals surface area (Å²) < 4.78 is 16.0. The zero-order chi connectivity index (χ0) is 15.2. The minimum absolute atomic E-state index is 0.146. The molecule has 1 aromatic rings. The molecule has 6 heteroatoms. The van der Waals surface area contributed by atoms with Crippen LogP contribution >= 0.6 is 0 Å². The summed E-state index contributed by atoms with van der Waals surface area (Å²) in [6.07, 6.45) is 1.41. The predicted octanol–water partition coefficient (Wildman–Crippen LogP) is 1.39. The van der Waals surface area contributed by atoms with Gasteiger partial charge in [-0.25, -0.2) is 4.79 Å². The number of benzene rings is 1. The third-order valence-corrected chi connectivity index (χ3v) is 5.34. The summed E-state index contributed by atoms with van der Waals surface area (Å²) >= 11 is 0. The maximum Gasteiger partial charge on any atom is 0.511 e. The first-order valence-electron chi connectivity index (χ1n) is 7.68. The summed E-state index contributed by atoms with van der Waals surface area (Å²) in [5.41, 5.74) is 6.51. The third-order valence-electron chi connectivity index (χ3n) is 5.34. The Bertz CT molecular complexity index is 590. The average molecular weight is 304 g/mol. The monoisotopic (exact) mass is 304 g/mol. The van der Waals surface area contributed by atoms with Crippen LogP contribution in [0.4, 0.5) is 4.79 Å². The Morgan fingerprint density at radius 1 is 1.36 bits per heavy atom. The van der Waals surface area contributed by atoms with Crippen LogP contribution < -0.4 is 15.8 Å².